The van der Waals surface area contributed by atoms with Crippen LogP contribution in [0.4, 0.5) is 14.6 Å². The fraction of sp³-hybridized carbons (Fsp3) is 0.207. The number of allylic oxidation sites excluding steroid dienone is 1. The number of hydrogen-bond acceptors (Lipinski definition) is 3. The van der Waals surface area contributed by atoms with Crippen LogP contribution in [0, 0.1) is 18.6 Å². The molecule has 5 nitrogen and oxygen atoms in total. The Morgan fingerprint density at radius 3 is 2.14 bits per heavy atom. The molecule has 1 N–H and O–H groups in total. The lowest BCUT2D eigenvalue weighted by Gasteiger charge is -2.35. The van der Waals surface area contributed by atoms with Gasteiger partial charge in [0.05, 0.1) is 4.90 Å². The summed E-state index contributed by atoms with van der Waals surface area (Å²) in [5.41, 5.74) is 2.83. The highest BCUT2D eigenvalue weighted by Crippen LogP contribution is 2.45. The lowest BCUT2D eigenvalue weighted by molar-refractivity contribution is 0.582. The number of aromatic nitrogens is 2. The van der Waals surface area contributed by atoms with Gasteiger partial charge in [-0.1, -0.05) is 54.1 Å². The molecular weight excluding hydrogens is 492 g/mol. The van der Waals surface area contributed by atoms with Crippen molar-refractivity contribution in [2.45, 2.75) is 42.5 Å². The van der Waals surface area contributed by atoms with Gasteiger partial charge >= 0.3 is 0 Å². The second kappa shape index (κ2) is 8.66. The van der Waals surface area contributed by atoms with Gasteiger partial charge in [-0.25, -0.2) is 21.5 Å². The summed E-state index contributed by atoms with van der Waals surface area (Å²) >= 11 is 0. The van der Waals surface area contributed by atoms with Gasteiger partial charge in [-0.2, -0.15) is 5.10 Å². The molecule has 6 rings (SSSR count). The summed E-state index contributed by atoms with van der Waals surface area (Å²) in [6.45, 7) is 1.91. The van der Waals surface area contributed by atoms with Gasteiger partial charge in [0.2, 0.25) is 0 Å². The number of sulfonamides is 1. The van der Waals surface area contributed by atoms with Crippen LogP contribution in [-0.2, 0) is 21.9 Å². The SMILES string of the molecule is Cc1ccc(S(=O)(=O)N(c2n[nH]c3c2C=CC(c2cccc(F)c2)(c2cccc(F)c2)C3)C2CC2)cc1. The zero-order valence-electron chi connectivity index (χ0n) is 20.2. The Labute approximate surface area is 214 Å². The van der Waals surface area contributed by atoms with Gasteiger partial charge in [-0.3, -0.25) is 5.10 Å². The van der Waals surface area contributed by atoms with Crippen molar-refractivity contribution < 1.29 is 17.2 Å². The molecule has 0 unspecified atom stereocenters. The van der Waals surface area contributed by atoms with E-state index in [0.717, 1.165) is 18.4 Å². The third-order valence-electron chi connectivity index (χ3n) is 7.20. The Morgan fingerprint density at radius 2 is 1.57 bits per heavy atom. The number of halogens is 2. The van der Waals surface area contributed by atoms with Gasteiger partial charge in [0.1, 0.15) is 11.6 Å². The van der Waals surface area contributed by atoms with E-state index in [1.165, 1.54) is 28.6 Å². The zero-order valence-corrected chi connectivity index (χ0v) is 21.0. The molecule has 188 valence electrons. The Morgan fingerprint density at radius 1 is 0.946 bits per heavy atom. The fourth-order valence-corrected chi connectivity index (χ4v) is 6.81. The molecule has 0 saturated heterocycles. The van der Waals surface area contributed by atoms with Gasteiger partial charge in [0, 0.05) is 29.1 Å². The molecule has 2 aliphatic rings. The number of fused-ring (bicyclic) bond motifs is 1. The normalized spacial score (nSPS) is 16.4. The van der Waals surface area contributed by atoms with Crippen LogP contribution in [-0.4, -0.2) is 24.7 Å². The molecule has 4 aromatic rings. The molecule has 0 atom stereocenters. The minimum atomic E-state index is -3.84. The molecule has 0 spiro atoms. The van der Waals surface area contributed by atoms with Crippen LogP contribution in [0.5, 0.6) is 0 Å². The van der Waals surface area contributed by atoms with Gasteiger partial charge in [0.25, 0.3) is 10.0 Å². The first-order chi connectivity index (χ1) is 17.8. The van der Waals surface area contributed by atoms with E-state index in [1.807, 2.05) is 31.2 Å². The quantitative estimate of drug-likeness (QED) is 0.346. The van der Waals surface area contributed by atoms with Crippen molar-refractivity contribution in [2.24, 2.45) is 0 Å². The molecule has 0 aliphatic heterocycles. The summed E-state index contributed by atoms with van der Waals surface area (Å²) in [4.78, 5) is 0.218. The molecule has 3 aromatic carbocycles. The summed E-state index contributed by atoms with van der Waals surface area (Å²) in [7, 11) is -3.84. The van der Waals surface area contributed by atoms with Crippen LogP contribution < -0.4 is 4.31 Å². The highest BCUT2D eigenvalue weighted by atomic mass is 32.2. The van der Waals surface area contributed by atoms with Gasteiger partial charge in [0.15, 0.2) is 5.82 Å². The van der Waals surface area contributed by atoms with E-state index < -0.39 is 15.4 Å². The second-order valence-electron chi connectivity index (χ2n) is 9.79. The van der Waals surface area contributed by atoms with Crippen LogP contribution in [0.2, 0.25) is 0 Å². The number of aryl methyl sites for hydroxylation is 1. The summed E-state index contributed by atoms with van der Waals surface area (Å²) in [6, 6.07) is 19.2. The highest BCUT2D eigenvalue weighted by molar-refractivity contribution is 7.92. The van der Waals surface area contributed by atoms with Crippen LogP contribution in [0.3, 0.4) is 0 Å². The Kier molecular flexibility index (Phi) is 5.53. The van der Waals surface area contributed by atoms with Crippen LogP contribution >= 0.6 is 0 Å². The van der Waals surface area contributed by atoms with Crippen LogP contribution in [0.25, 0.3) is 6.08 Å². The van der Waals surface area contributed by atoms with E-state index in [-0.39, 0.29) is 22.6 Å². The molecule has 0 amide bonds. The summed E-state index contributed by atoms with van der Waals surface area (Å²) in [5, 5.41) is 7.53. The van der Waals surface area contributed by atoms with E-state index in [4.69, 9.17) is 0 Å². The van der Waals surface area contributed by atoms with E-state index in [1.54, 1.807) is 36.4 Å². The lowest BCUT2D eigenvalue weighted by atomic mass is 9.68. The van der Waals surface area contributed by atoms with Crippen LogP contribution in [0.15, 0.2) is 83.8 Å². The van der Waals surface area contributed by atoms with Crippen molar-refractivity contribution in [3.8, 4) is 0 Å². The third kappa shape index (κ3) is 4.05. The minimum Gasteiger partial charge on any atom is -0.280 e. The van der Waals surface area contributed by atoms with Crippen molar-refractivity contribution in [3.63, 3.8) is 0 Å². The third-order valence-corrected chi connectivity index (χ3v) is 9.05. The van der Waals surface area contributed by atoms with Crippen LogP contribution in [0.1, 0.15) is 40.8 Å². The lowest BCUT2D eigenvalue weighted by Crippen LogP contribution is -2.34. The average molecular weight is 518 g/mol. The summed E-state index contributed by atoms with van der Waals surface area (Å²) in [6.07, 6.45) is 5.58. The van der Waals surface area contributed by atoms with Gasteiger partial charge < -0.3 is 0 Å². The second-order valence-corrected chi connectivity index (χ2v) is 11.6. The van der Waals surface area contributed by atoms with Gasteiger partial charge in [-0.05, 0) is 67.3 Å². The first kappa shape index (κ1) is 23.6. The van der Waals surface area contributed by atoms with Crippen molar-refractivity contribution >= 4 is 21.9 Å². The molecule has 2 aliphatic carbocycles. The average Bonchev–Trinajstić information content (AvgIpc) is 3.63. The molecule has 0 bridgehead atoms. The highest BCUT2D eigenvalue weighted by Gasteiger charge is 2.43. The topological polar surface area (TPSA) is 66.1 Å². The molecule has 8 heteroatoms. The predicted octanol–water partition coefficient (Wildman–Crippen LogP) is 5.91. The Balaban J connectivity index is 1.47. The number of benzene rings is 3. The first-order valence-electron chi connectivity index (χ1n) is 12.2. The molecule has 1 fully saturated rings. The standard InChI is InChI=1S/C29H25F2N3O2S/c1-19-8-12-25(13-9-19)37(35,36)34(24-10-11-24)28-26-14-15-29(18-27(26)32-33-28,20-4-2-6-22(30)16-20)21-5-3-7-23(31)17-21/h2-9,12-17,24H,10-11,18H2,1H3,(H,32,33). The maximum atomic E-state index is 14.3. The number of aromatic amines is 1. The Bertz CT molecular complexity index is 1580. The van der Waals surface area contributed by atoms with Crippen molar-refractivity contribution in [3.05, 3.63) is 118 Å². The number of H-pyrrole nitrogens is 1. The monoisotopic (exact) mass is 517 g/mol. The van der Waals surface area contributed by atoms with Crippen molar-refractivity contribution in [1.29, 1.82) is 0 Å². The molecule has 37 heavy (non-hydrogen) atoms. The maximum absolute atomic E-state index is 14.3. The maximum Gasteiger partial charge on any atom is 0.265 e. The van der Waals surface area contributed by atoms with E-state index in [2.05, 4.69) is 10.2 Å². The predicted molar refractivity (Wildman–Crippen MR) is 139 cm³/mol. The zero-order chi connectivity index (χ0) is 25.8. The van der Waals surface area contributed by atoms with E-state index in [0.29, 0.717) is 34.6 Å². The number of rotatable bonds is 6. The molecule has 0 radical (unpaired) electrons. The Hall–Kier alpha value is -3.78. The number of hydrogen-bond donors (Lipinski definition) is 1. The minimum absolute atomic E-state index is 0.162. The molecule has 1 heterocycles. The summed E-state index contributed by atoms with van der Waals surface area (Å²) in [5.74, 6) is -0.426. The molecular formula is C29H25F2N3O2S. The van der Waals surface area contributed by atoms with E-state index in [9.17, 15) is 17.2 Å². The van der Waals surface area contributed by atoms with Gasteiger partial charge in [-0.15, -0.1) is 0 Å². The number of nitrogens with one attached hydrogen (secondary N) is 1. The van der Waals surface area contributed by atoms with E-state index >= 15 is 0 Å². The molecule has 1 aromatic heterocycles. The fourth-order valence-electron chi connectivity index (χ4n) is 5.13. The largest absolute Gasteiger partial charge is 0.280 e. The summed E-state index contributed by atoms with van der Waals surface area (Å²) < 4.78 is 57.5. The van der Waals surface area contributed by atoms with Crippen molar-refractivity contribution in [1.82, 2.24) is 10.2 Å². The molecule has 1 saturated carbocycles. The van der Waals surface area contributed by atoms with Crippen molar-refractivity contribution in [2.75, 3.05) is 4.31 Å². The smallest absolute Gasteiger partial charge is 0.265 e. The number of nitrogens with zero attached hydrogens (tertiary/aromatic N) is 2. The first-order valence-corrected chi connectivity index (χ1v) is 13.6. The number of anilines is 1.